The van der Waals surface area contributed by atoms with Crippen molar-refractivity contribution in [3.05, 3.63) is 16.1 Å². The van der Waals surface area contributed by atoms with E-state index in [1.165, 1.54) is 21.6 Å². The lowest BCUT2D eigenvalue weighted by molar-refractivity contribution is 0.0691. The van der Waals surface area contributed by atoms with E-state index in [2.05, 4.69) is 16.4 Å². The lowest BCUT2D eigenvalue weighted by Crippen LogP contribution is -2.42. The smallest absolute Gasteiger partial charge is 0.355 e. The average molecular weight is 310 g/mol. The van der Waals surface area contributed by atoms with E-state index in [1.807, 2.05) is 6.92 Å². The van der Waals surface area contributed by atoms with Crippen molar-refractivity contribution >= 4 is 23.3 Å². The number of nitriles is 1. The number of aromatic carboxylic acids is 1. The van der Waals surface area contributed by atoms with Crippen LogP contribution in [0.4, 0.5) is 4.79 Å². The summed E-state index contributed by atoms with van der Waals surface area (Å²) in [4.78, 5) is 28.4. The molecular formula is C13H18N4O3S. The quantitative estimate of drug-likeness (QED) is 0.836. The van der Waals surface area contributed by atoms with E-state index in [4.69, 9.17) is 10.4 Å². The summed E-state index contributed by atoms with van der Waals surface area (Å²) in [5.74, 6) is -1.33. The molecule has 2 N–H and O–H groups in total. The van der Waals surface area contributed by atoms with E-state index in [-0.39, 0.29) is 23.7 Å². The molecule has 2 amide bonds. The molecule has 0 aromatic carbocycles. The lowest BCUT2D eigenvalue weighted by atomic mass is 10.2. The Bertz CT molecular complexity index is 552. The van der Waals surface area contributed by atoms with Crippen LogP contribution in [0.15, 0.2) is 5.38 Å². The first kappa shape index (κ1) is 16.9. The molecule has 1 aromatic heterocycles. The summed E-state index contributed by atoms with van der Waals surface area (Å²) in [5.41, 5.74) is -0.0263. The zero-order valence-corrected chi connectivity index (χ0v) is 13.0. The minimum atomic E-state index is -1.09. The van der Waals surface area contributed by atoms with Crippen molar-refractivity contribution in [3.63, 3.8) is 0 Å². The van der Waals surface area contributed by atoms with Crippen LogP contribution in [0.2, 0.25) is 0 Å². The average Bonchev–Trinajstić information content (AvgIpc) is 2.94. The number of carbonyl (C=O) groups is 2. The molecule has 2 atom stereocenters. The van der Waals surface area contributed by atoms with Crippen LogP contribution < -0.4 is 5.32 Å². The van der Waals surface area contributed by atoms with Crippen LogP contribution in [0.5, 0.6) is 0 Å². The fourth-order valence-electron chi connectivity index (χ4n) is 1.65. The predicted octanol–water partition coefficient (Wildman–Crippen LogP) is 2.09. The maximum Gasteiger partial charge on any atom is 0.355 e. The number of thiazole rings is 1. The Morgan fingerprint density at radius 1 is 1.57 bits per heavy atom. The summed E-state index contributed by atoms with van der Waals surface area (Å²) in [6, 6.07) is 1.41. The molecule has 1 heterocycles. The van der Waals surface area contributed by atoms with Crippen molar-refractivity contribution in [2.24, 2.45) is 5.92 Å². The molecular weight excluding hydrogens is 292 g/mol. The van der Waals surface area contributed by atoms with E-state index in [0.717, 1.165) is 0 Å². The standard InChI is InChI=1S/C13H18N4O3S/c1-4-17(6-8(2)5-14)13(20)15-9(3)11-16-10(7-21-11)12(18)19/h7-9H,4,6H2,1-3H3,(H,15,20)(H,18,19). The molecule has 0 aliphatic rings. The third kappa shape index (κ3) is 4.72. The van der Waals surface area contributed by atoms with Gasteiger partial charge in [0.25, 0.3) is 0 Å². The molecule has 0 fully saturated rings. The second-order valence-corrected chi connectivity index (χ2v) is 5.51. The number of hydrogen-bond donors (Lipinski definition) is 2. The minimum Gasteiger partial charge on any atom is -0.476 e. The fourth-order valence-corrected chi connectivity index (χ4v) is 2.45. The number of carboxylic acid groups (broad SMARTS) is 1. The molecule has 2 unspecified atom stereocenters. The second kappa shape index (κ2) is 7.59. The third-order valence-corrected chi connectivity index (χ3v) is 3.86. The first-order valence-electron chi connectivity index (χ1n) is 6.52. The van der Waals surface area contributed by atoms with Crippen LogP contribution >= 0.6 is 11.3 Å². The van der Waals surface area contributed by atoms with Gasteiger partial charge in [-0.3, -0.25) is 0 Å². The topological polar surface area (TPSA) is 106 Å². The summed E-state index contributed by atoms with van der Waals surface area (Å²) in [5, 5.41) is 22.4. The maximum absolute atomic E-state index is 12.1. The van der Waals surface area contributed by atoms with Gasteiger partial charge in [0.2, 0.25) is 0 Å². The van der Waals surface area contributed by atoms with Crippen LogP contribution in [-0.2, 0) is 0 Å². The van der Waals surface area contributed by atoms with E-state index in [9.17, 15) is 9.59 Å². The van der Waals surface area contributed by atoms with Crippen molar-refractivity contribution in [1.82, 2.24) is 15.2 Å². The first-order valence-corrected chi connectivity index (χ1v) is 7.40. The number of rotatable bonds is 6. The van der Waals surface area contributed by atoms with Gasteiger partial charge in [-0.1, -0.05) is 0 Å². The van der Waals surface area contributed by atoms with Crippen LogP contribution in [0.1, 0.15) is 42.3 Å². The molecule has 1 aromatic rings. The van der Waals surface area contributed by atoms with Crippen LogP contribution in [0.25, 0.3) is 0 Å². The Balaban J connectivity index is 2.67. The van der Waals surface area contributed by atoms with Crippen molar-refractivity contribution in [1.29, 1.82) is 5.26 Å². The van der Waals surface area contributed by atoms with Crippen molar-refractivity contribution < 1.29 is 14.7 Å². The molecule has 0 bridgehead atoms. The molecule has 0 radical (unpaired) electrons. The molecule has 21 heavy (non-hydrogen) atoms. The summed E-state index contributed by atoms with van der Waals surface area (Å²) in [6.07, 6.45) is 0. The van der Waals surface area contributed by atoms with E-state index < -0.39 is 5.97 Å². The van der Waals surface area contributed by atoms with Crippen molar-refractivity contribution in [2.75, 3.05) is 13.1 Å². The monoisotopic (exact) mass is 310 g/mol. The number of amides is 2. The summed E-state index contributed by atoms with van der Waals surface area (Å²) < 4.78 is 0. The Morgan fingerprint density at radius 3 is 2.71 bits per heavy atom. The highest BCUT2D eigenvalue weighted by Gasteiger charge is 2.20. The molecule has 8 heteroatoms. The first-order chi connectivity index (χ1) is 9.88. The molecule has 0 aliphatic heterocycles. The van der Waals surface area contributed by atoms with Gasteiger partial charge in [0.1, 0.15) is 5.01 Å². The van der Waals surface area contributed by atoms with Gasteiger partial charge >= 0.3 is 12.0 Å². The largest absolute Gasteiger partial charge is 0.476 e. The normalized spacial score (nSPS) is 13.0. The van der Waals surface area contributed by atoms with Crippen LogP contribution in [0, 0.1) is 17.2 Å². The van der Waals surface area contributed by atoms with Gasteiger partial charge in [-0.2, -0.15) is 5.26 Å². The van der Waals surface area contributed by atoms with Gasteiger partial charge in [-0.05, 0) is 20.8 Å². The molecule has 0 saturated carbocycles. The van der Waals surface area contributed by atoms with Crippen LogP contribution in [0.3, 0.4) is 0 Å². The molecule has 1 rings (SSSR count). The van der Waals surface area contributed by atoms with Gasteiger partial charge in [-0.25, -0.2) is 14.6 Å². The molecule has 7 nitrogen and oxygen atoms in total. The fraction of sp³-hybridized carbons (Fsp3) is 0.538. The SMILES string of the molecule is CCN(CC(C)C#N)C(=O)NC(C)c1nc(C(=O)O)cs1. The number of nitrogens with zero attached hydrogens (tertiary/aromatic N) is 3. The number of carbonyl (C=O) groups excluding carboxylic acids is 1. The molecule has 114 valence electrons. The van der Waals surface area contributed by atoms with Crippen molar-refractivity contribution in [3.8, 4) is 6.07 Å². The van der Waals surface area contributed by atoms with Gasteiger partial charge in [0, 0.05) is 18.5 Å². The lowest BCUT2D eigenvalue weighted by Gasteiger charge is -2.24. The Morgan fingerprint density at radius 2 is 2.24 bits per heavy atom. The van der Waals surface area contributed by atoms with Crippen LogP contribution in [-0.4, -0.2) is 40.1 Å². The Kier molecular flexibility index (Phi) is 6.11. The van der Waals surface area contributed by atoms with Gasteiger partial charge in [0.15, 0.2) is 5.69 Å². The number of aromatic nitrogens is 1. The highest BCUT2D eigenvalue weighted by molar-refractivity contribution is 7.09. The highest BCUT2D eigenvalue weighted by Crippen LogP contribution is 2.18. The summed E-state index contributed by atoms with van der Waals surface area (Å²) >= 11 is 1.19. The number of hydrogen-bond acceptors (Lipinski definition) is 5. The predicted molar refractivity (Wildman–Crippen MR) is 78.0 cm³/mol. The third-order valence-electron chi connectivity index (χ3n) is 2.84. The zero-order chi connectivity index (χ0) is 16.0. The number of urea groups is 1. The minimum absolute atomic E-state index is 0.0263. The zero-order valence-electron chi connectivity index (χ0n) is 12.2. The maximum atomic E-state index is 12.1. The van der Waals surface area contributed by atoms with Crippen molar-refractivity contribution in [2.45, 2.75) is 26.8 Å². The highest BCUT2D eigenvalue weighted by atomic mass is 32.1. The Labute approximate surface area is 127 Å². The second-order valence-electron chi connectivity index (χ2n) is 4.62. The Hall–Kier alpha value is -2.14. The molecule has 0 aliphatic carbocycles. The summed E-state index contributed by atoms with van der Waals surface area (Å²) in [6.45, 7) is 6.16. The number of nitrogens with one attached hydrogen (secondary N) is 1. The summed E-state index contributed by atoms with van der Waals surface area (Å²) in [7, 11) is 0. The van der Waals surface area contributed by atoms with Gasteiger partial charge < -0.3 is 15.3 Å². The number of carboxylic acids is 1. The van der Waals surface area contributed by atoms with E-state index in [0.29, 0.717) is 18.1 Å². The molecule has 0 spiro atoms. The van der Waals surface area contributed by atoms with E-state index in [1.54, 1.807) is 13.8 Å². The van der Waals surface area contributed by atoms with Gasteiger partial charge in [0.05, 0.1) is 18.0 Å². The molecule has 0 saturated heterocycles. The van der Waals surface area contributed by atoms with E-state index >= 15 is 0 Å². The van der Waals surface area contributed by atoms with Gasteiger partial charge in [-0.15, -0.1) is 11.3 Å².